The Balaban J connectivity index is 2.43. The van der Waals surface area contributed by atoms with E-state index in [0.29, 0.717) is 16.0 Å². The molecule has 112 valence electrons. The summed E-state index contributed by atoms with van der Waals surface area (Å²) in [4.78, 5) is 4.01. The van der Waals surface area contributed by atoms with Gasteiger partial charge in [-0.15, -0.1) is 0 Å². The number of aromatic nitrogens is 1. The number of hydrogen-bond acceptors (Lipinski definition) is 4. The molecule has 0 spiro atoms. The number of aryl methyl sites for hydroxylation is 2. The van der Waals surface area contributed by atoms with Crippen LogP contribution in [0.2, 0.25) is 0 Å². The minimum absolute atomic E-state index is 0.0961. The van der Waals surface area contributed by atoms with E-state index < -0.39 is 15.8 Å². The molecule has 0 saturated heterocycles. The molecule has 0 aliphatic heterocycles. The third-order valence-electron chi connectivity index (χ3n) is 2.86. The second kappa shape index (κ2) is 5.61. The first-order valence-corrected chi connectivity index (χ1v) is 8.20. The number of nitrogens with two attached hydrogens (primary N) is 1. The van der Waals surface area contributed by atoms with Crippen molar-refractivity contribution in [1.82, 2.24) is 4.98 Å². The van der Waals surface area contributed by atoms with Gasteiger partial charge in [-0.1, -0.05) is 0 Å². The van der Waals surface area contributed by atoms with Crippen LogP contribution in [-0.2, 0) is 10.0 Å². The van der Waals surface area contributed by atoms with Crippen LogP contribution in [0.5, 0.6) is 0 Å². The van der Waals surface area contributed by atoms with Gasteiger partial charge in [-0.05, 0) is 59.6 Å². The average Bonchev–Trinajstić information content (AvgIpc) is 2.38. The average molecular weight is 374 g/mol. The summed E-state index contributed by atoms with van der Waals surface area (Å²) >= 11 is 3.20. The van der Waals surface area contributed by atoms with E-state index in [9.17, 15) is 12.8 Å². The molecule has 1 aromatic carbocycles. The Kier molecular flexibility index (Phi) is 4.20. The summed E-state index contributed by atoms with van der Waals surface area (Å²) < 4.78 is 41.1. The molecule has 0 radical (unpaired) electrons. The van der Waals surface area contributed by atoms with Crippen LogP contribution in [0, 0.1) is 19.7 Å². The van der Waals surface area contributed by atoms with Crippen molar-refractivity contribution in [1.29, 1.82) is 0 Å². The predicted octanol–water partition coefficient (Wildman–Crippen LogP) is 2.98. The highest BCUT2D eigenvalue weighted by Crippen LogP contribution is 2.24. The fourth-order valence-corrected chi connectivity index (χ4v) is 3.40. The molecule has 1 aromatic heterocycles. The van der Waals surface area contributed by atoms with E-state index in [1.165, 1.54) is 13.0 Å². The number of nitrogens with one attached hydrogen (secondary N) is 1. The lowest BCUT2D eigenvalue weighted by Crippen LogP contribution is -2.15. The van der Waals surface area contributed by atoms with E-state index in [-0.39, 0.29) is 16.1 Å². The van der Waals surface area contributed by atoms with E-state index in [1.807, 2.05) is 0 Å². The zero-order valence-corrected chi connectivity index (χ0v) is 13.7. The second-order valence-corrected chi connectivity index (χ2v) is 7.01. The van der Waals surface area contributed by atoms with Crippen molar-refractivity contribution in [2.75, 3.05) is 10.5 Å². The van der Waals surface area contributed by atoms with Crippen LogP contribution in [0.3, 0.4) is 0 Å². The number of halogens is 2. The number of anilines is 2. The molecule has 3 N–H and O–H groups in total. The molecule has 2 aromatic rings. The lowest BCUT2D eigenvalue weighted by molar-refractivity contribution is 0.599. The van der Waals surface area contributed by atoms with Crippen LogP contribution in [0.4, 0.5) is 15.8 Å². The van der Waals surface area contributed by atoms with Gasteiger partial charge in [0.15, 0.2) is 0 Å². The number of sulfonamides is 1. The highest BCUT2D eigenvalue weighted by molar-refractivity contribution is 9.10. The van der Waals surface area contributed by atoms with Gasteiger partial charge in [0.2, 0.25) is 0 Å². The maximum absolute atomic E-state index is 13.5. The van der Waals surface area contributed by atoms with Crippen molar-refractivity contribution in [3.63, 3.8) is 0 Å². The first kappa shape index (κ1) is 15.7. The van der Waals surface area contributed by atoms with Gasteiger partial charge in [0.25, 0.3) is 10.0 Å². The molecule has 21 heavy (non-hydrogen) atoms. The van der Waals surface area contributed by atoms with Crippen molar-refractivity contribution < 1.29 is 12.8 Å². The van der Waals surface area contributed by atoms with Gasteiger partial charge >= 0.3 is 0 Å². The van der Waals surface area contributed by atoms with Gasteiger partial charge in [0.05, 0.1) is 22.0 Å². The largest absolute Gasteiger partial charge is 0.396 e. The van der Waals surface area contributed by atoms with Gasteiger partial charge in [-0.2, -0.15) is 0 Å². The van der Waals surface area contributed by atoms with E-state index >= 15 is 0 Å². The minimum Gasteiger partial charge on any atom is -0.396 e. The molecular formula is C13H13BrFN3O2S. The van der Waals surface area contributed by atoms with Crippen molar-refractivity contribution in [2.45, 2.75) is 18.7 Å². The third kappa shape index (κ3) is 3.33. The molecule has 8 heteroatoms. The molecule has 0 bridgehead atoms. The number of nitrogens with zero attached hydrogens (tertiary/aromatic N) is 1. The molecule has 0 atom stereocenters. The molecule has 2 rings (SSSR count). The van der Waals surface area contributed by atoms with Crippen LogP contribution in [0.25, 0.3) is 0 Å². The Bertz CT molecular complexity index is 786. The SMILES string of the molecule is Cc1cc(S(=O)(=O)Nc2ccc(Br)nc2C)cc(N)c1F. The standard InChI is InChI=1S/C13H13BrFN3O2S/c1-7-5-9(6-10(16)13(7)15)21(19,20)18-11-3-4-12(14)17-8(11)2/h3-6,18H,16H2,1-2H3. The molecule has 0 aliphatic rings. The van der Waals surface area contributed by atoms with Crippen LogP contribution in [-0.4, -0.2) is 13.4 Å². The number of hydrogen-bond donors (Lipinski definition) is 2. The Morgan fingerprint density at radius 2 is 1.95 bits per heavy atom. The zero-order chi connectivity index (χ0) is 15.8. The Hall–Kier alpha value is -1.67. The summed E-state index contributed by atoms with van der Waals surface area (Å²) in [5.41, 5.74) is 6.30. The molecule has 0 fully saturated rings. The van der Waals surface area contributed by atoms with Crippen LogP contribution in [0.1, 0.15) is 11.3 Å². The number of pyridine rings is 1. The van der Waals surface area contributed by atoms with E-state index in [2.05, 4.69) is 25.6 Å². The van der Waals surface area contributed by atoms with Gasteiger partial charge in [0, 0.05) is 0 Å². The molecular weight excluding hydrogens is 361 g/mol. The summed E-state index contributed by atoms with van der Waals surface area (Å²) in [6.07, 6.45) is 0. The lowest BCUT2D eigenvalue weighted by atomic mass is 10.2. The van der Waals surface area contributed by atoms with Gasteiger partial charge in [0.1, 0.15) is 10.4 Å². The fraction of sp³-hybridized carbons (Fsp3) is 0.154. The molecule has 0 saturated carbocycles. The van der Waals surface area contributed by atoms with Crippen molar-refractivity contribution in [2.24, 2.45) is 0 Å². The fourth-order valence-electron chi connectivity index (χ4n) is 1.76. The van der Waals surface area contributed by atoms with E-state index in [0.717, 1.165) is 6.07 Å². The molecule has 1 heterocycles. The maximum atomic E-state index is 13.5. The smallest absolute Gasteiger partial charge is 0.262 e. The predicted molar refractivity (Wildman–Crippen MR) is 83.0 cm³/mol. The lowest BCUT2D eigenvalue weighted by Gasteiger charge is -2.12. The topological polar surface area (TPSA) is 85.1 Å². The minimum atomic E-state index is -3.86. The van der Waals surface area contributed by atoms with Gasteiger partial charge in [-0.25, -0.2) is 17.8 Å². The number of benzene rings is 1. The van der Waals surface area contributed by atoms with Gasteiger partial charge < -0.3 is 5.73 Å². The zero-order valence-electron chi connectivity index (χ0n) is 11.3. The number of nitrogen functional groups attached to an aromatic ring is 1. The number of rotatable bonds is 3. The van der Waals surface area contributed by atoms with E-state index in [4.69, 9.17) is 5.73 Å². The van der Waals surface area contributed by atoms with Crippen molar-refractivity contribution >= 4 is 37.3 Å². The Labute approximate surface area is 130 Å². The first-order chi connectivity index (χ1) is 9.70. The van der Waals surface area contributed by atoms with Gasteiger partial charge in [-0.3, -0.25) is 4.72 Å². The highest BCUT2D eigenvalue weighted by Gasteiger charge is 2.18. The molecule has 0 amide bonds. The Morgan fingerprint density at radius 3 is 2.52 bits per heavy atom. The molecule has 5 nitrogen and oxygen atoms in total. The summed E-state index contributed by atoms with van der Waals surface area (Å²) in [5.74, 6) is -0.615. The summed E-state index contributed by atoms with van der Waals surface area (Å²) in [7, 11) is -3.86. The normalized spacial score (nSPS) is 11.4. The van der Waals surface area contributed by atoms with Crippen LogP contribution in [0.15, 0.2) is 33.8 Å². The van der Waals surface area contributed by atoms with Crippen molar-refractivity contribution in [3.8, 4) is 0 Å². The van der Waals surface area contributed by atoms with E-state index in [1.54, 1.807) is 19.1 Å². The van der Waals surface area contributed by atoms with Crippen LogP contribution >= 0.6 is 15.9 Å². The monoisotopic (exact) mass is 373 g/mol. The summed E-state index contributed by atoms with van der Waals surface area (Å²) in [6.45, 7) is 3.13. The third-order valence-corrected chi connectivity index (χ3v) is 4.65. The highest BCUT2D eigenvalue weighted by atomic mass is 79.9. The summed E-state index contributed by atoms with van der Waals surface area (Å²) in [6, 6.07) is 5.53. The molecule has 0 aliphatic carbocycles. The summed E-state index contributed by atoms with van der Waals surface area (Å²) in [5, 5.41) is 0. The molecule has 0 unspecified atom stereocenters. The quantitative estimate of drug-likeness (QED) is 0.639. The van der Waals surface area contributed by atoms with Crippen molar-refractivity contribution in [3.05, 3.63) is 45.9 Å². The van der Waals surface area contributed by atoms with Crippen LogP contribution < -0.4 is 10.5 Å². The first-order valence-electron chi connectivity index (χ1n) is 5.92. The Morgan fingerprint density at radius 1 is 1.29 bits per heavy atom. The second-order valence-electron chi connectivity index (χ2n) is 4.52. The maximum Gasteiger partial charge on any atom is 0.262 e.